The molecule has 1 aromatic carbocycles. The molecule has 0 saturated heterocycles. The molecule has 6 heteroatoms. The predicted octanol–water partition coefficient (Wildman–Crippen LogP) is 2.38. The summed E-state index contributed by atoms with van der Waals surface area (Å²) in [5.74, 6) is -1.76. The first-order valence-electron chi connectivity index (χ1n) is 4.73. The first-order valence-corrected chi connectivity index (χ1v) is 4.73. The summed E-state index contributed by atoms with van der Waals surface area (Å²) in [7, 11) is 0. The standard InChI is InChI=1S/C11H11F3O3/c1-10(2,16)9(15)17-8-6-4-3-5-7(8)11(12,13)14/h3-6,16H,1-2H3. The minimum Gasteiger partial charge on any atom is -0.424 e. The molecule has 0 atom stereocenters. The molecule has 94 valence electrons. The zero-order valence-electron chi connectivity index (χ0n) is 9.21. The van der Waals surface area contributed by atoms with Crippen molar-refractivity contribution in [3.63, 3.8) is 0 Å². The number of halogens is 3. The van der Waals surface area contributed by atoms with Crippen molar-refractivity contribution in [2.24, 2.45) is 0 Å². The normalized spacial score (nSPS) is 12.4. The molecule has 0 aromatic heterocycles. The van der Waals surface area contributed by atoms with E-state index in [0.29, 0.717) is 0 Å². The van der Waals surface area contributed by atoms with Crippen LogP contribution >= 0.6 is 0 Å². The van der Waals surface area contributed by atoms with E-state index in [4.69, 9.17) is 0 Å². The first kappa shape index (κ1) is 13.5. The average Bonchev–Trinajstić information content (AvgIpc) is 2.15. The molecule has 0 spiro atoms. The maximum absolute atomic E-state index is 12.5. The number of carbonyl (C=O) groups is 1. The van der Waals surface area contributed by atoms with Crippen molar-refractivity contribution in [3.05, 3.63) is 29.8 Å². The van der Waals surface area contributed by atoms with Crippen molar-refractivity contribution in [1.29, 1.82) is 0 Å². The Hall–Kier alpha value is -1.56. The van der Waals surface area contributed by atoms with E-state index in [1.165, 1.54) is 12.1 Å². The van der Waals surface area contributed by atoms with Gasteiger partial charge in [-0.3, -0.25) is 0 Å². The topological polar surface area (TPSA) is 46.5 Å². The van der Waals surface area contributed by atoms with Gasteiger partial charge in [0.15, 0.2) is 5.60 Å². The van der Waals surface area contributed by atoms with Gasteiger partial charge in [0.2, 0.25) is 0 Å². The van der Waals surface area contributed by atoms with Crippen molar-refractivity contribution >= 4 is 5.97 Å². The summed E-state index contributed by atoms with van der Waals surface area (Å²) < 4.78 is 42.2. The van der Waals surface area contributed by atoms with Gasteiger partial charge in [0.25, 0.3) is 0 Å². The number of ether oxygens (including phenoxy) is 1. The highest BCUT2D eigenvalue weighted by atomic mass is 19.4. The fraction of sp³-hybridized carbons (Fsp3) is 0.364. The second kappa shape index (κ2) is 4.37. The number of rotatable bonds is 2. The number of hydrogen-bond acceptors (Lipinski definition) is 3. The fourth-order valence-electron chi connectivity index (χ4n) is 1.01. The van der Waals surface area contributed by atoms with Crippen LogP contribution in [0.2, 0.25) is 0 Å². The molecule has 1 aromatic rings. The van der Waals surface area contributed by atoms with Gasteiger partial charge in [-0.15, -0.1) is 0 Å². The molecule has 0 bridgehead atoms. The van der Waals surface area contributed by atoms with Gasteiger partial charge < -0.3 is 9.84 Å². The van der Waals surface area contributed by atoms with Crippen molar-refractivity contribution in [2.75, 3.05) is 0 Å². The van der Waals surface area contributed by atoms with E-state index in [9.17, 15) is 23.1 Å². The van der Waals surface area contributed by atoms with Gasteiger partial charge in [0.1, 0.15) is 5.75 Å². The molecular weight excluding hydrogens is 237 g/mol. The number of esters is 1. The van der Waals surface area contributed by atoms with Crippen molar-refractivity contribution in [1.82, 2.24) is 0 Å². The van der Waals surface area contributed by atoms with Gasteiger partial charge in [-0.25, -0.2) is 4.79 Å². The van der Waals surface area contributed by atoms with Crippen LogP contribution in [0.1, 0.15) is 19.4 Å². The maximum Gasteiger partial charge on any atom is 0.419 e. The van der Waals surface area contributed by atoms with Crippen LogP contribution in [-0.4, -0.2) is 16.7 Å². The van der Waals surface area contributed by atoms with Crippen LogP contribution in [0, 0.1) is 0 Å². The van der Waals surface area contributed by atoms with E-state index in [2.05, 4.69) is 4.74 Å². The Balaban J connectivity index is 3.04. The molecule has 0 radical (unpaired) electrons. The Morgan fingerprint density at radius 3 is 2.24 bits per heavy atom. The monoisotopic (exact) mass is 248 g/mol. The number of hydrogen-bond donors (Lipinski definition) is 1. The molecule has 17 heavy (non-hydrogen) atoms. The largest absolute Gasteiger partial charge is 0.424 e. The van der Waals surface area contributed by atoms with Crippen LogP contribution in [-0.2, 0) is 11.0 Å². The lowest BCUT2D eigenvalue weighted by Crippen LogP contribution is -2.35. The summed E-state index contributed by atoms with van der Waals surface area (Å²) in [6.07, 6.45) is -4.61. The molecule has 0 heterocycles. The molecule has 3 nitrogen and oxygen atoms in total. The lowest BCUT2D eigenvalue weighted by Gasteiger charge is -2.17. The molecule has 0 aliphatic rings. The minimum absolute atomic E-state index is 0.618. The van der Waals surface area contributed by atoms with E-state index < -0.39 is 29.1 Å². The summed E-state index contributed by atoms with van der Waals surface area (Å²) in [4.78, 5) is 11.3. The number of carbonyl (C=O) groups excluding carboxylic acids is 1. The summed E-state index contributed by atoms with van der Waals surface area (Å²) >= 11 is 0. The van der Waals surface area contributed by atoms with Gasteiger partial charge in [-0.05, 0) is 26.0 Å². The maximum atomic E-state index is 12.5. The van der Waals surface area contributed by atoms with E-state index >= 15 is 0 Å². The second-order valence-electron chi connectivity index (χ2n) is 3.94. The van der Waals surface area contributed by atoms with Crippen molar-refractivity contribution in [3.8, 4) is 5.75 Å². The highest BCUT2D eigenvalue weighted by Crippen LogP contribution is 2.36. The molecule has 1 rings (SSSR count). The van der Waals surface area contributed by atoms with Crippen LogP contribution in [0.3, 0.4) is 0 Å². The van der Waals surface area contributed by atoms with Gasteiger partial charge in [-0.1, -0.05) is 12.1 Å². The molecule has 0 unspecified atom stereocenters. The van der Waals surface area contributed by atoms with Gasteiger partial charge in [0.05, 0.1) is 5.56 Å². The number of alkyl halides is 3. The third-order valence-electron chi connectivity index (χ3n) is 1.89. The summed E-state index contributed by atoms with van der Waals surface area (Å²) in [6, 6.07) is 4.31. The lowest BCUT2D eigenvalue weighted by molar-refractivity contribution is -0.154. The van der Waals surface area contributed by atoms with Crippen molar-refractivity contribution < 1.29 is 27.8 Å². The fourth-order valence-corrected chi connectivity index (χ4v) is 1.01. The zero-order valence-corrected chi connectivity index (χ0v) is 9.21. The van der Waals surface area contributed by atoms with E-state index in [-0.39, 0.29) is 0 Å². The first-order chi connectivity index (χ1) is 7.62. The van der Waals surface area contributed by atoms with E-state index in [1.807, 2.05) is 0 Å². The SMILES string of the molecule is CC(C)(O)C(=O)Oc1ccccc1C(F)(F)F. The van der Waals surface area contributed by atoms with Gasteiger partial charge >= 0.3 is 12.1 Å². The summed E-state index contributed by atoms with van der Waals surface area (Å²) in [5, 5.41) is 9.29. The third kappa shape index (κ3) is 3.45. The van der Waals surface area contributed by atoms with E-state index in [1.54, 1.807) is 0 Å². The molecule has 0 fully saturated rings. The lowest BCUT2D eigenvalue weighted by atomic mass is 10.1. The van der Waals surface area contributed by atoms with Crippen molar-refractivity contribution in [2.45, 2.75) is 25.6 Å². The number of para-hydroxylation sites is 1. The Morgan fingerprint density at radius 2 is 1.76 bits per heavy atom. The van der Waals surface area contributed by atoms with Gasteiger partial charge in [-0.2, -0.15) is 13.2 Å². The Kier molecular flexibility index (Phi) is 3.47. The van der Waals surface area contributed by atoms with Crippen LogP contribution < -0.4 is 4.74 Å². The van der Waals surface area contributed by atoms with E-state index in [0.717, 1.165) is 26.0 Å². The van der Waals surface area contributed by atoms with Crippen LogP contribution in [0.25, 0.3) is 0 Å². The van der Waals surface area contributed by atoms with Gasteiger partial charge in [0, 0.05) is 0 Å². The van der Waals surface area contributed by atoms with Crippen LogP contribution in [0.15, 0.2) is 24.3 Å². The second-order valence-corrected chi connectivity index (χ2v) is 3.94. The number of aliphatic hydroxyl groups is 1. The quantitative estimate of drug-likeness (QED) is 0.645. The summed E-state index contributed by atoms with van der Waals surface area (Å²) in [6.45, 7) is 2.26. The Morgan fingerprint density at radius 1 is 1.24 bits per heavy atom. The molecule has 0 saturated carbocycles. The average molecular weight is 248 g/mol. The highest BCUT2D eigenvalue weighted by molar-refractivity contribution is 5.80. The highest BCUT2D eigenvalue weighted by Gasteiger charge is 2.36. The summed E-state index contributed by atoms with van der Waals surface area (Å²) in [5.41, 5.74) is -2.91. The molecule has 0 aliphatic carbocycles. The van der Waals surface area contributed by atoms with Crippen LogP contribution in [0.4, 0.5) is 13.2 Å². The third-order valence-corrected chi connectivity index (χ3v) is 1.89. The van der Waals surface area contributed by atoms with Crippen LogP contribution in [0.5, 0.6) is 5.75 Å². The molecular formula is C11H11F3O3. The minimum atomic E-state index is -4.61. The molecule has 0 amide bonds. The number of benzene rings is 1. The predicted molar refractivity (Wildman–Crippen MR) is 53.4 cm³/mol. The zero-order chi connectivity index (χ0) is 13.3. The smallest absolute Gasteiger partial charge is 0.419 e. The molecule has 1 N–H and O–H groups in total. The molecule has 0 aliphatic heterocycles. The Bertz CT molecular complexity index is 419. The Labute approximate surface area is 95.8 Å².